The van der Waals surface area contributed by atoms with Crippen LogP contribution in [0.4, 0.5) is 5.95 Å². The molecule has 0 aliphatic carbocycles. The summed E-state index contributed by atoms with van der Waals surface area (Å²) in [7, 11) is 4.76. The van der Waals surface area contributed by atoms with Crippen LogP contribution < -0.4 is 19.5 Å². The molecular weight excluding hydrogens is 544 g/mol. The molecule has 9 heteroatoms. The number of imidazole rings is 1. The van der Waals surface area contributed by atoms with E-state index < -0.39 is 5.91 Å². The maximum absolute atomic E-state index is 13.6. The normalized spacial score (nSPS) is 10.6. The molecule has 0 unspecified atom stereocenters. The fraction of sp³-hybridized carbons (Fsp3) is 0.147. The third-order valence-corrected chi connectivity index (χ3v) is 6.85. The maximum atomic E-state index is 13.6. The lowest BCUT2D eigenvalue weighted by Gasteiger charge is -2.23. The number of amides is 2. The van der Waals surface area contributed by atoms with Crippen LogP contribution in [-0.4, -0.2) is 54.1 Å². The van der Waals surface area contributed by atoms with E-state index in [-0.39, 0.29) is 19.0 Å². The van der Waals surface area contributed by atoms with Gasteiger partial charge in [0.05, 0.1) is 27.0 Å². The summed E-state index contributed by atoms with van der Waals surface area (Å²) >= 11 is 0. The summed E-state index contributed by atoms with van der Waals surface area (Å²) in [6.07, 6.45) is 1.85. The molecule has 0 fully saturated rings. The first-order valence-electron chi connectivity index (χ1n) is 13.6. The van der Waals surface area contributed by atoms with Crippen molar-refractivity contribution in [3.8, 4) is 34.2 Å². The summed E-state index contributed by atoms with van der Waals surface area (Å²) in [5, 5.41) is 2.93. The number of aromatic nitrogens is 2. The van der Waals surface area contributed by atoms with Gasteiger partial charge in [-0.3, -0.25) is 19.5 Å². The van der Waals surface area contributed by atoms with E-state index in [0.29, 0.717) is 28.7 Å². The number of hydrogen-bond acceptors (Lipinski definition) is 6. The van der Waals surface area contributed by atoms with E-state index in [2.05, 4.69) is 5.32 Å². The number of nitrogens with one attached hydrogen (secondary N) is 1. The quantitative estimate of drug-likeness (QED) is 0.212. The summed E-state index contributed by atoms with van der Waals surface area (Å²) in [5.74, 6) is 1.62. The Morgan fingerprint density at radius 2 is 1.42 bits per heavy atom. The summed E-state index contributed by atoms with van der Waals surface area (Å²) in [4.78, 5) is 33.5. The fourth-order valence-electron chi connectivity index (χ4n) is 4.59. The van der Waals surface area contributed by atoms with Crippen LogP contribution in [0.15, 0.2) is 109 Å². The minimum atomic E-state index is -0.395. The molecule has 0 saturated heterocycles. The number of benzene rings is 4. The largest absolute Gasteiger partial charge is 0.497 e. The predicted molar refractivity (Wildman–Crippen MR) is 165 cm³/mol. The van der Waals surface area contributed by atoms with Gasteiger partial charge < -0.3 is 19.1 Å². The lowest BCUT2D eigenvalue weighted by atomic mass is 10.1. The first-order chi connectivity index (χ1) is 21.0. The zero-order chi connectivity index (χ0) is 30.2. The Balaban J connectivity index is 1.44. The summed E-state index contributed by atoms with van der Waals surface area (Å²) < 4.78 is 17.7. The van der Waals surface area contributed by atoms with Crippen molar-refractivity contribution in [2.45, 2.75) is 6.54 Å². The highest BCUT2D eigenvalue weighted by Crippen LogP contribution is 2.27. The van der Waals surface area contributed by atoms with Gasteiger partial charge in [0.1, 0.15) is 23.8 Å². The first-order valence-corrected chi connectivity index (χ1v) is 13.6. The van der Waals surface area contributed by atoms with E-state index in [1.165, 1.54) is 4.90 Å². The summed E-state index contributed by atoms with van der Waals surface area (Å²) in [6.45, 7) is 0.0482. The van der Waals surface area contributed by atoms with E-state index in [9.17, 15) is 9.59 Å². The second-order valence-corrected chi connectivity index (χ2v) is 9.67. The van der Waals surface area contributed by atoms with Gasteiger partial charge in [0, 0.05) is 29.6 Å². The Kier molecular flexibility index (Phi) is 9.02. The Morgan fingerprint density at radius 3 is 2.07 bits per heavy atom. The van der Waals surface area contributed by atoms with Crippen molar-refractivity contribution >= 4 is 17.8 Å². The lowest BCUT2D eigenvalue weighted by molar-refractivity contribution is -0.117. The number of hydrogen-bond donors (Lipinski definition) is 1. The highest BCUT2D eigenvalue weighted by molar-refractivity contribution is 5.99. The summed E-state index contributed by atoms with van der Waals surface area (Å²) in [5.41, 5.74) is 3.60. The zero-order valence-corrected chi connectivity index (χ0v) is 24.2. The van der Waals surface area contributed by atoms with E-state index in [4.69, 9.17) is 19.2 Å². The molecule has 9 nitrogen and oxygen atoms in total. The second-order valence-electron chi connectivity index (χ2n) is 9.67. The van der Waals surface area contributed by atoms with Gasteiger partial charge in [0.2, 0.25) is 11.9 Å². The minimum Gasteiger partial charge on any atom is -0.497 e. The minimum absolute atomic E-state index is 0.196. The number of nitrogens with zero attached hydrogens (tertiary/aromatic N) is 3. The average molecular weight is 577 g/mol. The summed E-state index contributed by atoms with van der Waals surface area (Å²) in [6, 6.07) is 31.4. The van der Waals surface area contributed by atoms with E-state index in [0.717, 1.165) is 22.6 Å². The molecule has 0 aliphatic heterocycles. The number of carbonyl (C=O) groups is 2. The average Bonchev–Trinajstić information content (AvgIpc) is 3.48. The van der Waals surface area contributed by atoms with Crippen molar-refractivity contribution in [3.63, 3.8) is 0 Å². The Morgan fingerprint density at radius 1 is 0.767 bits per heavy atom. The number of anilines is 1. The van der Waals surface area contributed by atoms with Gasteiger partial charge in [-0.2, -0.15) is 0 Å². The monoisotopic (exact) mass is 576 g/mol. The third kappa shape index (κ3) is 7.02. The fourth-order valence-corrected chi connectivity index (χ4v) is 4.59. The van der Waals surface area contributed by atoms with Crippen molar-refractivity contribution in [2.24, 2.45) is 0 Å². The SMILES string of the molecule is COc1ccc(-c2cn(-c3ccc(OC)cc3)c(NC(=O)CN(Cc3ccccc3)C(=O)c3cccc(OC)c3)n2)cc1. The van der Waals surface area contributed by atoms with Gasteiger partial charge in [-0.15, -0.1) is 0 Å². The van der Waals surface area contributed by atoms with E-state index in [1.54, 1.807) is 50.2 Å². The van der Waals surface area contributed by atoms with Crippen LogP contribution in [-0.2, 0) is 11.3 Å². The third-order valence-electron chi connectivity index (χ3n) is 6.85. The van der Waals surface area contributed by atoms with Gasteiger partial charge in [-0.1, -0.05) is 36.4 Å². The zero-order valence-electron chi connectivity index (χ0n) is 24.2. The predicted octanol–water partition coefficient (Wildman–Crippen LogP) is 5.85. The first kappa shape index (κ1) is 28.9. The maximum Gasteiger partial charge on any atom is 0.254 e. The molecule has 2 amide bonds. The van der Waals surface area contributed by atoms with Crippen molar-refractivity contribution in [1.82, 2.24) is 14.5 Å². The van der Waals surface area contributed by atoms with E-state index in [1.807, 2.05) is 85.1 Å². The Hall–Kier alpha value is -5.57. The van der Waals surface area contributed by atoms with E-state index >= 15 is 0 Å². The smallest absolute Gasteiger partial charge is 0.254 e. The van der Waals surface area contributed by atoms with Gasteiger partial charge in [0.15, 0.2) is 0 Å². The molecule has 0 saturated carbocycles. The highest BCUT2D eigenvalue weighted by atomic mass is 16.5. The molecule has 0 radical (unpaired) electrons. The number of methoxy groups -OCH3 is 3. The molecule has 0 aliphatic rings. The van der Waals surface area contributed by atoms with Crippen LogP contribution in [0.25, 0.3) is 16.9 Å². The molecule has 0 bridgehead atoms. The molecule has 5 aromatic rings. The van der Waals surface area contributed by atoms with Crippen LogP contribution in [0.2, 0.25) is 0 Å². The van der Waals surface area contributed by atoms with Gasteiger partial charge in [-0.25, -0.2) is 4.98 Å². The topological polar surface area (TPSA) is 94.9 Å². The van der Waals surface area contributed by atoms with Crippen LogP contribution in [0.5, 0.6) is 17.2 Å². The number of ether oxygens (including phenoxy) is 3. The van der Waals surface area contributed by atoms with Crippen LogP contribution in [0.1, 0.15) is 15.9 Å². The van der Waals surface area contributed by atoms with Crippen molar-refractivity contribution < 1.29 is 23.8 Å². The molecule has 0 spiro atoms. The van der Waals surface area contributed by atoms with Crippen LogP contribution >= 0.6 is 0 Å². The molecule has 5 rings (SSSR count). The number of carbonyl (C=O) groups excluding carboxylic acids is 2. The molecule has 218 valence electrons. The molecule has 4 aromatic carbocycles. The van der Waals surface area contributed by atoms with Gasteiger partial charge in [0.25, 0.3) is 5.91 Å². The Bertz CT molecular complexity index is 1680. The molecule has 1 N–H and O–H groups in total. The van der Waals surface area contributed by atoms with Gasteiger partial charge in [-0.05, 0) is 72.3 Å². The van der Waals surface area contributed by atoms with Crippen molar-refractivity contribution in [1.29, 1.82) is 0 Å². The lowest BCUT2D eigenvalue weighted by Crippen LogP contribution is -2.38. The van der Waals surface area contributed by atoms with Crippen LogP contribution in [0.3, 0.4) is 0 Å². The molecule has 1 heterocycles. The molecular formula is C34H32N4O5. The molecule has 43 heavy (non-hydrogen) atoms. The van der Waals surface area contributed by atoms with Crippen LogP contribution in [0, 0.1) is 0 Å². The van der Waals surface area contributed by atoms with Gasteiger partial charge >= 0.3 is 0 Å². The Labute approximate surface area is 250 Å². The second kappa shape index (κ2) is 13.4. The molecule has 0 atom stereocenters. The molecule has 1 aromatic heterocycles. The number of rotatable bonds is 11. The standard InChI is InChI=1S/C34H32N4O5/c1-41-28-16-12-25(13-17-28)31-22-38(27-14-18-29(42-2)19-15-27)34(35-31)36-32(39)23-37(21-24-8-5-4-6-9-24)33(40)26-10-7-11-30(20-26)43-3/h4-20,22H,21,23H2,1-3H3,(H,35,36,39). The highest BCUT2D eigenvalue weighted by Gasteiger charge is 2.22. The van der Waals surface area contributed by atoms with Crippen molar-refractivity contribution in [3.05, 3.63) is 120 Å². The van der Waals surface area contributed by atoms with Crippen molar-refractivity contribution in [2.75, 3.05) is 33.2 Å².